The maximum Gasteiger partial charge on any atom is 0.228 e. The molecule has 4 heteroatoms. The van der Waals surface area contributed by atoms with Gasteiger partial charge in [-0.25, -0.2) is 8.78 Å². The summed E-state index contributed by atoms with van der Waals surface area (Å²) in [5.74, 6) is -0.617. The van der Waals surface area contributed by atoms with E-state index in [2.05, 4.69) is 5.32 Å². The molecule has 0 spiro atoms. The molecule has 2 nitrogen and oxygen atoms in total. The lowest BCUT2D eigenvalue weighted by molar-refractivity contribution is -0.117. The standard InChI is InChI=1S/C17H15F2NO/c1-10-8-13(19)6-7-16(10)20-17(21)15-9-14(15)11-2-4-12(18)5-3-11/h2-8,14-15H,9H2,1H3,(H,20,21). The van der Waals surface area contributed by atoms with Gasteiger partial charge >= 0.3 is 0 Å². The minimum atomic E-state index is -0.318. The monoisotopic (exact) mass is 287 g/mol. The van der Waals surface area contributed by atoms with Gasteiger partial charge in [0.1, 0.15) is 11.6 Å². The predicted molar refractivity (Wildman–Crippen MR) is 77.0 cm³/mol. The summed E-state index contributed by atoms with van der Waals surface area (Å²) in [6, 6.07) is 10.5. The van der Waals surface area contributed by atoms with E-state index in [1.807, 2.05) is 0 Å². The third-order valence-corrected chi connectivity index (χ3v) is 3.87. The number of anilines is 1. The second kappa shape index (κ2) is 5.28. The van der Waals surface area contributed by atoms with Crippen LogP contribution in [0.4, 0.5) is 14.5 Å². The molecule has 2 aromatic rings. The molecule has 1 saturated carbocycles. The van der Waals surface area contributed by atoms with Gasteiger partial charge in [-0.05, 0) is 60.7 Å². The van der Waals surface area contributed by atoms with E-state index in [1.165, 1.54) is 24.3 Å². The topological polar surface area (TPSA) is 29.1 Å². The van der Waals surface area contributed by atoms with Gasteiger partial charge in [-0.2, -0.15) is 0 Å². The number of halogens is 2. The molecule has 0 aliphatic heterocycles. The molecule has 2 aromatic carbocycles. The Morgan fingerprint density at radius 2 is 1.76 bits per heavy atom. The smallest absolute Gasteiger partial charge is 0.228 e. The molecule has 1 N–H and O–H groups in total. The molecular formula is C17H15F2NO. The first-order valence-corrected chi connectivity index (χ1v) is 6.87. The Hall–Kier alpha value is -2.23. The van der Waals surface area contributed by atoms with E-state index in [-0.39, 0.29) is 29.4 Å². The first kappa shape index (κ1) is 13.7. The zero-order chi connectivity index (χ0) is 15.0. The quantitative estimate of drug-likeness (QED) is 0.907. The molecule has 3 rings (SSSR count). The number of carbonyl (C=O) groups is 1. The number of rotatable bonds is 3. The minimum Gasteiger partial charge on any atom is -0.326 e. The Labute approximate surface area is 121 Å². The summed E-state index contributed by atoms with van der Waals surface area (Å²) in [5, 5.41) is 2.83. The Morgan fingerprint density at radius 1 is 1.10 bits per heavy atom. The van der Waals surface area contributed by atoms with Gasteiger partial charge in [0.25, 0.3) is 0 Å². The highest BCUT2D eigenvalue weighted by Crippen LogP contribution is 2.48. The number of carbonyl (C=O) groups excluding carboxylic acids is 1. The predicted octanol–water partition coefficient (Wildman–Crippen LogP) is 4.02. The number of amides is 1. The summed E-state index contributed by atoms with van der Waals surface area (Å²) in [4.78, 5) is 12.2. The van der Waals surface area contributed by atoms with Gasteiger partial charge in [0.15, 0.2) is 0 Å². The van der Waals surface area contributed by atoms with Crippen molar-refractivity contribution in [1.82, 2.24) is 0 Å². The van der Waals surface area contributed by atoms with E-state index in [0.717, 1.165) is 12.0 Å². The maximum atomic E-state index is 13.0. The number of benzene rings is 2. The van der Waals surface area contributed by atoms with Gasteiger partial charge in [0, 0.05) is 11.6 Å². The van der Waals surface area contributed by atoms with Crippen molar-refractivity contribution in [3.8, 4) is 0 Å². The molecular weight excluding hydrogens is 272 g/mol. The van der Waals surface area contributed by atoms with Crippen molar-refractivity contribution in [2.45, 2.75) is 19.3 Å². The Bertz CT molecular complexity index is 682. The van der Waals surface area contributed by atoms with Crippen molar-refractivity contribution in [3.63, 3.8) is 0 Å². The van der Waals surface area contributed by atoms with Gasteiger partial charge in [0.05, 0.1) is 0 Å². The molecule has 0 aromatic heterocycles. The van der Waals surface area contributed by atoms with Gasteiger partial charge in [-0.1, -0.05) is 12.1 Å². The van der Waals surface area contributed by atoms with E-state index in [9.17, 15) is 13.6 Å². The highest BCUT2D eigenvalue weighted by atomic mass is 19.1. The fourth-order valence-electron chi connectivity index (χ4n) is 2.56. The van der Waals surface area contributed by atoms with Crippen LogP contribution >= 0.6 is 0 Å². The van der Waals surface area contributed by atoms with Crippen molar-refractivity contribution in [2.24, 2.45) is 5.92 Å². The number of hydrogen-bond donors (Lipinski definition) is 1. The van der Waals surface area contributed by atoms with E-state index in [4.69, 9.17) is 0 Å². The number of aryl methyl sites for hydroxylation is 1. The lowest BCUT2D eigenvalue weighted by Crippen LogP contribution is -2.15. The summed E-state index contributed by atoms with van der Waals surface area (Å²) in [6.07, 6.45) is 0.762. The zero-order valence-corrected chi connectivity index (χ0v) is 11.6. The molecule has 108 valence electrons. The molecule has 0 saturated heterocycles. The second-order valence-corrected chi connectivity index (χ2v) is 5.45. The average Bonchev–Trinajstić information content (AvgIpc) is 3.23. The Kier molecular flexibility index (Phi) is 3.45. The van der Waals surface area contributed by atoms with Crippen LogP contribution in [-0.2, 0) is 4.79 Å². The van der Waals surface area contributed by atoms with Crippen LogP contribution in [0.1, 0.15) is 23.5 Å². The zero-order valence-electron chi connectivity index (χ0n) is 11.6. The molecule has 0 radical (unpaired) electrons. The first-order chi connectivity index (χ1) is 10.0. The van der Waals surface area contributed by atoms with Gasteiger partial charge in [-0.3, -0.25) is 4.79 Å². The fraction of sp³-hybridized carbons (Fsp3) is 0.235. The third-order valence-electron chi connectivity index (χ3n) is 3.87. The van der Waals surface area contributed by atoms with Crippen molar-refractivity contribution in [1.29, 1.82) is 0 Å². The van der Waals surface area contributed by atoms with E-state index >= 15 is 0 Å². The molecule has 1 aliphatic rings. The first-order valence-electron chi connectivity index (χ1n) is 6.87. The molecule has 21 heavy (non-hydrogen) atoms. The molecule has 1 fully saturated rings. The van der Waals surface area contributed by atoms with E-state index in [1.54, 1.807) is 25.1 Å². The van der Waals surface area contributed by atoms with Crippen LogP contribution in [0.2, 0.25) is 0 Å². The molecule has 1 aliphatic carbocycles. The average molecular weight is 287 g/mol. The van der Waals surface area contributed by atoms with Gasteiger partial charge in [0.2, 0.25) is 5.91 Å². The van der Waals surface area contributed by atoms with Crippen LogP contribution in [-0.4, -0.2) is 5.91 Å². The highest BCUT2D eigenvalue weighted by Gasteiger charge is 2.43. The van der Waals surface area contributed by atoms with Gasteiger partial charge < -0.3 is 5.32 Å². The maximum absolute atomic E-state index is 13.0. The van der Waals surface area contributed by atoms with E-state index in [0.29, 0.717) is 11.3 Å². The van der Waals surface area contributed by atoms with Crippen LogP contribution in [0, 0.1) is 24.5 Å². The summed E-state index contributed by atoms with van der Waals surface area (Å²) >= 11 is 0. The summed E-state index contributed by atoms with van der Waals surface area (Å²) in [6.45, 7) is 1.75. The van der Waals surface area contributed by atoms with Crippen molar-refractivity contribution >= 4 is 11.6 Å². The van der Waals surface area contributed by atoms with Crippen molar-refractivity contribution < 1.29 is 13.6 Å². The van der Waals surface area contributed by atoms with Crippen LogP contribution < -0.4 is 5.32 Å². The van der Waals surface area contributed by atoms with Crippen LogP contribution in [0.5, 0.6) is 0 Å². The lowest BCUT2D eigenvalue weighted by atomic mass is 10.1. The Balaban J connectivity index is 1.66. The van der Waals surface area contributed by atoms with E-state index < -0.39 is 0 Å². The van der Waals surface area contributed by atoms with Crippen LogP contribution in [0.25, 0.3) is 0 Å². The van der Waals surface area contributed by atoms with Crippen molar-refractivity contribution in [3.05, 3.63) is 65.2 Å². The van der Waals surface area contributed by atoms with Crippen molar-refractivity contribution in [2.75, 3.05) is 5.32 Å². The van der Waals surface area contributed by atoms with Crippen LogP contribution in [0.3, 0.4) is 0 Å². The van der Waals surface area contributed by atoms with Gasteiger partial charge in [-0.15, -0.1) is 0 Å². The summed E-state index contributed by atoms with van der Waals surface area (Å²) in [5.41, 5.74) is 2.31. The molecule has 0 bridgehead atoms. The third kappa shape index (κ3) is 2.94. The minimum absolute atomic E-state index is 0.0703. The highest BCUT2D eigenvalue weighted by molar-refractivity contribution is 5.95. The number of hydrogen-bond acceptors (Lipinski definition) is 1. The number of nitrogens with one attached hydrogen (secondary N) is 1. The SMILES string of the molecule is Cc1cc(F)ccc1NC(=O)C1CC1c1ccc(F)cc1. The molecule has 0 heterocycles. The summed E-state index contributed by atoms with van der Waals surface area (Å²) < 4.78 is 25.9. The molecule has 2 atom stereocenters. The van der Waals surface area contributed by atoms with Crippen LogP contribution in [0.15, 0.2) is 42.5 Å². The summed E-state index contributed by atoms with van der Waals surface area (Å²) in [7, 11) is 0. The second-order valence-electron chi connectivity index (χ2n) is 5.45. The largest absolute Gasteiger partial charge is 0.326 e. The Morgan fingerprint density at radius 3 is 2.43 bits per heavy atom. The molecule has 2 unspecified atom stereocenters. The molecule has 1 amide bonds. The normalized spacial score (nSPS) is 20.1. The lowest BCUT2D eigenvalue weighted by Gasteiger charge is -2.08. The fourth-order valence-corrected chi connectivity index (χ4v) is 2.56.